The minimum atomic E-state index is -0.0889. The maximum atomic E-state index is 13.2. The first-order chi connectivity index (χ1) is 15.6. The van der Waals surface area contributed by atoms with Crippen molar-refractivity contribution in [2.75, 3.05) is 26.2 Å². The molecular weight excluding hydrogens is 402 g/mol. The Kier molecular flexibility index (Phi) is 5.87. The number of fused-ring (bicyclic) bond motifs is 1. The van der Waals surface area contributed by atoms with Gasteiger partial charge >= 0.3 is 0 Å². The summed E-state index contributed by atoms with van der Waals surface area (Å²) in [4.78, 5) is 29.8. The van der Waals surface area contributed by atoms with Crippen molar-refractivity contribution in [3.05, 3.63) is 59.2 Å². The highest BCUT2D eigenvalue weighted by atomic mass is 16.5. The molecular formula is C26H31N3O3. The number of nitrogens with zero attached hydrogens (tertiary/aromatic N) is 2. The fourth-order valence-corrected chi connectivity index (χ4v) is 5.07. The second-order valence-corrected chi connectivity index (χ2v) is 9.08. The summed E-state index contributed by atoms with van der Waals surface area (Å²) in [6.07, 6.45) is 5.94. The highest BCUT2D eigenvalue weighted by molar-refractivity contribution is 5.97. The van der Waals surface area contributed by atoms with Crippen LogP contribution in [0.4, 0.5) is 0 Å². The van der Waals surface area contributed by atoms with Crippen molar-refractivity contribution in [1.29, 1.82) is 0 Å². The van der Waals surface area contributed by atoms with Crippen LogP contribution in [0.1, 0.15) is 58.9 Å². The summed E-state index contributed by atoms with van der Waals surface area (Å²) in [7, 11) is 0. The molecule has 2 aromatic rings. The average molecular weight is 434 g/mol. The number of hydrogen-bond donors (Lipinski definition) is 1. The molecule has 1 saturated heterocycles. The number of carbonyl (C=O) groups excluding carboxylic acids is 2. The van der Waals surface area contributed by atoms with Gasteiger partial charge < -0.3 is 15.0 Å². The van der Waals surface area contributed by atoms with Gasteiger partial charge in [0.25, 0.3) is 11.8 Å². The molecule has 1 atom stereocenters. The fraction of sp³-hybridized carbons (Fsp3) is 0.462. The van der Waals surface area contributed by atoms with Gasteiger partial charge in [0, 0.05) is 49.4 Å². The molecule has 2 heterocycles. The van der Waals surface area contributed by atoms with Crippen LogP contribution in [0.15, 0.2) is 42.5 Å². The first-order valence-corrected chi connectivity index (χ1v) is 11.9. The number of benzene rings is 2. The Morgan fingerprint density at radius 2 is 1.81 bits per heavy atom. The molecule has 32 heavy (non-hydrogen) atoms. The van der Waals surface area contributed by atoms with E-state index in [0.717, 1.165) is 49.6 Å². The molecule has 0 radical (unpaired) electrons. The van der Waals surface area contributed by atoms with Gasteiger partial charge in [0.15, 0.2) is 0 Å². The third-order valence-corrected chi connectivity index (χ3v) is 7.11. The average Bonchev–Trinajstić information content (AvgIpc) is 3.22. The summed E-state index contributed by atoms with van der Waals surface area (Å²) in [6, 6.07) is 14.0. The summed E-state index contributed by atoms with van der Waals surface area (Å²) in [5.41, 5.74) is 2.46. The highest BCUT2D eigenvalue weighted by Crippen LogP contribution is 2.32. The lowest BCUT2D eigenvalue weighted by atomic mass is 9.92. The normalized spacial score (nSPS) is 21.2. The van der Waals surface area contributed by atoms with Gasteiger partial charge in [0.1, 0.15) is 11.5 Å². The summed E-state index contributed by atoms with van der Waals surface area (Å²) < 4.78 is 6.00. The second-order valence-electron chi connectivity index (χ2n) is 9.08. The van der Waals surface area contributed by atoms with E-state index in [1.54, 1.807) is 24.3 Å². The van der Waals surface area contributed by atoms with Gasteiger partial charge in [-0.25, -0.2) is 0 Å². The predicted octanol–water partition coefficient (Wildman–Crippen LogP) is 3.85. The van der Waals surface area contributed by atoms with Crippen LogP contribution >= 0.6 is 0 Å². The van der Waals surface area contributed by atoms with E-state index in [1.807, 2.05) is 25.1 Å². The Bertz CT molecular complexity index is 1000. The van der Waals surface area contributed by atoms with Crippen LogP contribution in [-0.2, 0) is 6.42 Å². The lowest BCUT2D eigenvalue weighted by Crippen LogP contribution is -2.47. The Hall–Kier alpha value is -2.86. The van der Waals surface area contributed by atoms with Gasteiger partial charge in [0.05, 0.1) is 0 Å². The van der Waals surface area contributed by atoms with Crippen LogP contribution in [0.2, 0.25) is 0 Å². The summed E-state index contributed by atoms with van der Waals surface area (Å²) >= 11 is 0. The van der Waals surface area contributed by atoms with Gasteiger partial charge in [-0.2, -0.15) is 0 Å². The van der Waals surface area contributed by atoms with Crippen molar-refractivity contribution in [3.8, 4) is 11.5 Å². The Morgan fingerprint density at radius 1 is 1.03 bits per heavy atom. The molecule has 1 saturated carbocycles. The Morgan fingerprint density at radius 3 is 2.53 bits per heavy atom. The quantitative estimate of drug-likeness (QED) is 0.752. The van der Waals surface area contributed by atoms with E-state index in [0.29, 0.717) is 29.6 Å². The SMILES string of the molecule is CCNC(=O)c1ccc(Oc2ccc3c(c2)CCN([C@H]2CCN(C4CCC4)C2)C3=O)cc1. The van der Waals surface area contributed by atoms with Crippen molar-refractivity contribution in [2.24, 2.45) is 0 Å². The third-order valence-electron chi connectivity index (χ3n) is 7.11. The number of likely N-dealkylation sites (tertiary alicyclic amines) is 1. The summed E-state index contributed by atoms with van der Waals surface area (Å²) in [6.45, 7) is 5.42. The predicted molar refractivity (Wildman–Crippen MR) is 123 cm³/mol. The number of amides is 2. The monoisotopic (exact) mass is 433 g/mol. The maximum Gasteiger partial charge on any atom is 0.254 e. The topological polar surface area (TPSA) is 61.9 Å². The molecule has 0 bridgehead atoms. The maximum absolute atomic E-state index is 13.2. The zero-order valence-electron chi connectivity index (χ0n) is 18.7. The molecule has 6 heteroatoms. The molecule has 1 aliphatic carbocycles. The summed E-state index contributed by atoms with van der Waals surface area (Å²) in [5, 5.41) is 2.79. The zero-order chi connectivity index (χ0) is 22.1. The van der Waals surface area contributed by atoms with E-state index in [9.17, 15) is 9.59 Å². The van der Waals surface area contributed by atoms with E-state index in [4.69, 9.17) is 4.74 Å². The standard InChI is InChI=1S/C26H31N3O3/c1-2-27-25(30)18-6-8-22(9-7-18)32-23-10-11-24-19(16-23)12-15-29(26(24)31)21-13-14-28(17-21)20-4-3-5-20/h6-11,16,20-21H,2-5,12-15,17H2,1H3,(H,27,30)/t21-/m0/s1. The molecule has 0 aromatic heterocycles. The first kappa shape index (κ1) is 21.0. The molecule has 2 aliphatic heterocycles. The lowest BCUT2D eigenvalue weighted by molar-refractivity contribution is 0.0646. The van der Waals surface area contributed by atoms with Gasteiger partial charge in [-0.3, -0.25) is 14.5 Å². The van der Waals surface area contributed by atoms with Crippen LogP contribution in [0, 0.1) is 0 Å². The lowest BCUT2D eigenvalue weighted by Gasteiger charge is -2.37. The van der Waals surface area contributed by atoms with E-state index >= 15 is 0 Å². The van der Waals surface area contributed by atoms with Crippen LogP contribution in [-0.4, -0.2) is 59.9 Å². The van der Waals surface area contributed by atoms with Gasteiger partial charge in [0.2, 0.25) is 0 Å². The molecule has 168 valence electrons. The van der Waals surface area contributed by atoms with E-state index in [2.05, 4.69) is 15.1 Å². The van der Waals surface area contributed by atoms with E-state index in [1.165, 1.54) is 19.3 Å². The molecule has 1 N–H and O–H groups in total. The fourth-order valence-electron chi connectivity index (χ4n) is 5.07. The van der Waals surface area contributed by atoms with Crippen LogP contribution in [0.5, 0.6) is 11.5 Å². The van der Waals surface area contributed by atoms with Gasteiger partial charge in [-0.1, -0.05) is 6.42 Å². The largest absolute Gasteiger partial charge is 0.457 e. The smallest absolute Gasteiger partial charge is 0.254 e. The Labute approximate surface area is 189 Å². The van der Waals surface area contributed by atoms with Crippen LogP contribution in [0.3, 0.4) is 0 Å². The van der Waals surface area contributed by atoms with E-state index in [-0.39, 0.29) is 11.8 Å². The molecule has 5 rings (SSSR count). The molecule has 0 unspecified atom stereocenters. The third kappa shape index (κ3) is 4.11. The van der Waals surface area contributed by atoms with Crippen molar-refractivity contribution < 1.29 is 14.3 Å². The number of hydrogen-bond acceptors (Lipinski definition) is 4. The van der Waals surface area contributed by atoms with Gasteiger partial charge in [-0.05, 0) is 80.6 Å². The first-order valence-electron chi connectivity index (χ1n) is 11.9. The van der Waals surface area contributed by atoms with Crippen molar-refractivity contribution in [2.45, 2.75) is 51.1 Å². The number of ether oxygens (including phenoxy) is 1. The summed E-state index contributed by atoms with van der Waals surface area (Å²) in [5.74, 6) is 1.45. The molecule has 2 fully saturated rings. The van der Waals surface area contributed by atoms with Gasteiger partial charge in [-0.15, -0.1) is 0 Å². The molecule has 0 spiro atoms. The van der Waals surface area contributed by atoms with Crippen LogP contribution < -0.4 is 10.1 Å². The van der Waals surface area contributed by atoms with Crippen molar-refractivity contribution in [1.82, 2.24) is 15.1 Å². The highest BCUT2D eigenvalue weighted by Gasteiger charge is 2.37. The van der Waals surface area contributed by atoms with Crippen LogP contribution in [0.25, 0.3) is 0 Å². The number of rotatable bonds is 6. The number of nitrogens with one attached hydrogen (secondary N) is 1. The number of carbonyl (C=O) groups is 2. The zero-order valence-corrected chi connectivity index (χ0v) is 18.7. The second kappa shape index (κ2) is 8.94. The van der Waals surface area contributed by atoms with Crippen molar-refractivity contribution in [3.63, 3.8) is 0 Å². The minimum Gasteiger partial charge on any atom is -0.457 e. The molecule has 6 nitrogen and oxygen atoms in total. The molecule has 2 aromatic carbocycles. The van der Waals surface area contributed by atoms with E-state index < -0.39 is 0 Å². The molecule has 2 amide bonds. The minimum absolute atomic E-state index is 0.0889. The van der Waals surface area contributed by atoms with Crippen molar-refractivity contribution >= 4 is 11.8 Å². The Balaban J connectivity index is 1.24. The molecule has 3 aliphatic rings.